The summed E-state index contributed by atoms with van der Waals surface area (Å²) in [5, 5.41) is 11.3. The maximum atomic E-state index is 10.8. The third kappa shape index (κ3) is 47.2. The van der Waals surface area contributed by atoms with Crippen molar-refractivity contribution in [2.75, 3.05) is 218 Å². The number of ether oxygens (including phenoxy) is 18. The molecule has 0 aromatic rings. The average molecular weight is 1200 g/mol. The van der Waals surface area contributed by atoms with Crippen LogP contribution < -0.4 is 0 Å². The third-order valence-corrected chi connectivity index (χ3v) is 10.1. The molecule has 25 heteroatoms. The van der Waals surface area contributed by atoms with Crippen molar-refractivity contribution >= 4 is 17.8 Å². The van der Waals surface area contributed by atoms with Crippen LogP contribution in [0, 0.1) is 12.3 Å². The summed E-state index contributed by atoms with van der Waals surface area (Å²) >= 11 is 0. The van der Waals surface area contributed by atoms with Gasteiger partial charge < -0.3 is 102 Å². The van der Waals surface area contributed by atoms with E-state index in [-0.39, 0.29) is 111 Å². The van der Waals surface area contributed by atoms with Crippen molar-refractivity contribution in [3.63, 3.8) is 0 Å². The first-order chi connectivity index (χ1) is 37.1. The molecule has 0 aromatic heterocycles. The van der Waals surface area contributed by atoms with Crippen LogP contribution in [0.4, 0.5) is 0 Å². The first kappa shape index (κ1) is 78.0. The Morgan fingerprint density at radius 1 is 0.429 bits per heavy atom. The van der Waals surface area contributed by atoms with E-state index in [2.05, 4.69) is 11.8 Å². The normalized spacial score (nSPS) is 14.9. The quantitative estimate of drug-likeness (QED) is 0.0522. The van der Waals surface area contributed by atoms with Crippen LogP contribution in [0.3, 0.4) is 0 Å². The van der Waals surface area contributed by atoms with E-state index in [1.165, 1.54) is 0 Å². The maximum absolute atomic E-state index is 10.8. The standard InChI is InChI=1S/C45H92O19.C7H8NO4.Y/c1-8-47-15-19-54-29-41(46)30-58-37-45(38-59-34-42(62-26-23-51-12-5)31-55-20-16-48-9-2,39-60-35-43(63-27-24-52-13-6)32-56-21-17-49-10-3)40-61-36-44(64-28-25-53-14-7)33-57-22-18-50-11-4;1-2-7(11)12-8-5(9)3-4-6(8)10;/h41-44,46H,8-40H2,1-7H3;1-4H2;/q;-1;. The minimum Gasteiger partial charge on any atom is -0.388 e. The molecule has 4 atom stereocenters. The van der Waals surface area contributed by atoms with Crippen molar-refractivity contribution in [1.82, 2.24) is 5.06 Å². The van der Waals surface area contributed by atoms with Crippen molar-refractivity contribution in [3.05, 3.63) is 6.92 Å². The van der Waals surface area contributed by atoms with Crippen molar-refractivity contribution in [2.24, 2.45) is 5.41 Å². The van der Waals surface area contributed by atoms with E-state index in [1.54, 1.807) is 0 Å². The summed E-state index contributed by atoms with van der Waals surface area (Å²) in [6.07, 6.45) is -1.94. The van der Waals surface area contributed by atoms with Crippen molar-refractivity contribution in [3.8, 4) is 0 Å². The molecule has 1 aliphatic rings. The second-order valence-corrected chi connectivity index (χ2v) is 16.7. The Labute approximate surface area is 485 Å². The molecule has 0 aliphatic carbocycles. The summed E-state index contributed by atoms with van der Waals surface area (Å²) in [5.74, 6) is -1.62. The van der Waals surface area contributed by atoms with Gasteiger partial charge in [0.25, 0.3) is 11.8 Å². The van der Waals surface area contributed by atoms with E-state index in [0.717, 1.165) is 0 Å². The zero-order valence-corrected chi connectivity index (χ0v) is 50.8. The number of nitrogens with zero attached hydrogens (tertiary/aromatic N) is 1. The van der Waals surface area contributed by atoms with Gasteiger partial charge in [-0.3, -0.25) is 14.4 Å². The van der Waals surface area contributed by atoms with E-state index in [1.807, 2.05) is 48.5 Å². The Morgan fingerprint density at radius 3 is 0.974 bits per heavy atom. The van der Waals surface area contributed by atoms with Crippen LogP contribution in [0.2, 0.25) is 0 Å². The van der Waals surface area contributed by atoms with Gasteiger partial charge in [0, 0.05) is 91.8 Å². The van der Waals surface area contributed by atoms with Gasteiger partial charge in [0.2, 0.25) is 0 Å². The molecule has 1 aliphatic heterocycles. The fourth-order valence-corrected chi connectivity index (χ4v) is 6.34. The van der Waals surface area contributed by atoms with E-state index in [0.29, 0.717) is 164 Å². The predicted molar refractivity (Wildman–Crippen MR) is 277 cm³/mol. The molecule has 1 radical (unpaired) electrons. The van der Waals surface area contributed by atoms with E-state index < -0.39 is 47.6 Å². The number of hydrogen-bond acceptors (Lipinski definition) is 23. The zero-order valence-electron chi connectivity index (χ0n) is 47.9. The number of hydrogen-bond donors (Lipinski definition) is 1. The Bertz CT molecular complexity index is 1200. The molecule has 1 rings (SSSR count). The van der Waals surface area contributed by atoms with Crippen molar-refractivity contribution in [1.29, 1.82) is 0 Å². The molecule has 1 N–H and O–H groups in total. The summed E-state index contributed by atoms with van der Waals surface area (Å²) in [5.41, 5.74) is -0.890. The second kappa shape index (κ2) is 58.2. The number of rotatable bonds is 57. The maximum Gasteiger partial charge on any atom is 0.303 e. The molecule has 0 spiro atoms. The second-order valence-electron chi connectivity index (χ2n) is 16.7. The number of imide groups is 1. The Kier molecular flexibility index (Phi) is 58.9. The van der Waals surface area contributed by atoms with Gasteiger partial charge in [0.1, 0.15) is 24.4 Å². The van der Waals surface area contributed by atoms with Crippen LogP contribution in [-0.4, -0.2) is 270 Å². The largest absolute Gasteiger partial charge is 0.388 e. The molecule has 1 heterocycles. The van der Waals surface area contributed by atoms with Crippen LogP contribution in [0.25, 0.3) is 0 Å². The molecule has 0 saturated carbocycles. The fraction of sp³-hybridized carbons (Fsp3) is 0.923. The number of carbonyl (C=O) groups excluding carboxylic acids is 3. The van der Waals surface area contributed by atoms with Crippen LogP contribution in [0.5, 0.6) is 0 Å². The molecule has 455 valence electrons. The summed E-state index contributed by atoms with van der Waals surface area (Å²) in [6, 6.07) is 0. The monoisotopic (exact) mass is 1200 g/mol. The molecule has 2 amide bonds. The number of aliphatic hydroxyl groups excluding tert-OH is 1. The number of amides is 2. The molecular weight excluding hydrogens is 1100 g/mol. The Hall–Kier alpha value is -1.05. The van der Waals surface area contributed by atoms with Crippen LogP contribution >= 0.6 is 0 Å². The van der Waals surface area contributed by atoms with E-state index >= 15 is 0 Å². The van der Waals surface area contributed by atoms with Gasteiger partial charge in [-0.15, -0.1) is 5.06 Å². The summed E-state index contributed by atoms with van der Waals surface area (Å²) in [7, 11) is 0. The Morgan fingerprint density at radius 2 is 0.675 bits per heavy atom. The van der Waals surface area contributed by atoms with E-state index in [9.17, 15) is 19.5 Å². The van der Waals surface area contributed by atoms with Gasteiger partial charge in [-0.05, 0) is 48.5 Å². The molecule has 1 saturated heterocycles. The average Bonchev–Trinajstić information content (AvgIpc) is 3.73. The van der Waals surface area contributed by atoms with Gasteiger partial charge in [0.15, 0.2) is 0 Å². The Balaban J connectivity index is 0. The molecule has 77 heavy (non-hydrogen) atoms. The van der Waals surface area contributed by atoms with Gasteiger partial charge in [0.05, 0.1) is 177 Å². The number of aliphatic hydroxyl groups is 1. The van der Waals surface area contributed by atoms with Gasteiger partial charge >= 0.3 is 5.97 Å². The minimum absolute atomic E-state index is 0. The molecule has 4 unspecified atom stereocenters. The molecule has 24 nitrogen and oxygen atoms in total. The molecule has 0 bridgehead atoms. The van der Waals surface area contributed by atoms with E-state index in [4.69, 9.17) is 85.3 Å². The summed E-state index contributed by atoms with van der Waals surface area (Å²) in [6.45, 7) is 29.0. The van der Waals surface area contributed by atoms with Crippen molar-refractivity contribution in [2.45, 2.75) is 92.1 Å². The summed E-state index contributed by atoms with van der Waals surface area (Å²) in [4.78, 5) is 36.7. The molecule has 1 fully saturated rings. The minimum atomic E-state index is -0.890. The smallest absolute Gasteiger partial charge is 0.303 e. The first-order valence-corrected chi connectivity index (χ1v) is 27.1. The predicted octanol–water partition coefficient (Wildman–Crippen LogP) is 2.69. The van der Waals surface area contributed by atoms with Crippen LogP contribution in [0.15, 0.2) is 0 Å². The van der Waals surface area contributed by atoms with Crippen molar-refractivity contribution < 1.29 is 142 Å². The zero-order chi connectivity index (χ0) is 56.0. The molecular formula is C52H100NO23Y-. The van der Waals surface area contributed by atoms with Gasteiger partial charge in [-0.25, -0.2) is 0 Å². The topological polar surface area (TPSA) is 250 Å². The number of carbonyl (C=O) groups is 3. The fourth-order valence-electron chi connectivity index (χ4n) is 6.34. The number of hydroxylamine groups is 2. The SMILES string of the molecule is CCOCCOCC(O)COCC(COCC(COCCOCC)OCCOCC)(COCC(COCCOCC)OCCOCC)COCC(COCCOCC)OCCOCC.[CH2-]CC(=O)ON1C(=O)CCC1=O.[Y]. The van der Waals surface area contributed by atoms with Gasteiger partial charge in [-0.2, -0.15) is 0 Å². The third-order valence-electron chi connectivity index (χ3n) is 10.1. The van der Waals surface area contributed by atoms with Crippen LogP contribution in [-0.2, 0) is 137 Å². The summed E-state index contributed by atoms with van der Waals surface area (Å²) < 4.78 is 106. The molecule has 0 aromatic carbocycles. The van der Waals surface area contributed by atoms with Crippen LogP contribution in [0.1, 0.15) is 67.7 Å². The first-order valence-electron chi connectivity index (χ1n) is 27.1. The van der Waals surface area contributed by atoms with Gasteiger partial charge in [-0.1, -0.05) is 6.42 Å².